The highest BCUT2D eigenvalue weighted by Crippen LogP contribution is 2.34. The highest BCUT2D eigenvalue weighted by molar-refractivity contribution is 5.92. The zero-order chi connectivity index (χ0) is 13.2. The molecule has 1 aromatic heterocycles. The van der Waals surface area contributed by atoms with Gasteiger partial charge in [0.25, 0.3) is 5.91 Å². The van der Waals surface area contributed by atoms with Gasteiger partial charge in [0.05, 0.1) is 0 Å². The summed E-state index contributed by atoms with van der Waals surface area (Å²) in [5, 5.41) is 3.64. The molecule has 3 rings (SSSR count). The first-order valence-electron chi connectivity index (χ1n) is 5.65. The van der Waals surface area contributed by atoms with Crippen LogP contribution in [0.5, 0.6) is 11.5 Å². The number of ether oxygens (including phenoxy) is 2. The fourth-order valence-corrected chi connectivity index (χ4v) is 1.79. The van der Waals surface area contributed by atoms with Crippen molar-refractivity contribution in [2.45, 2.75) is 0 Å². The van der Waals surface area contributed by atoms with E-state index in [1.165, 1.54) is 6.07 Å². The predicted molar refractivity (Wildman–Crippen MR) is 64.6 cm³/mol. The topological polar surface area (TPSA) is 99.6 Å². The van der Waals surface area contributed by atoms with Crippen molar-refractivity contribution >= 4 is 5.91 Å². The number of carbonyl (C=O) groups excluding carboxylic acids is 1. The van der Waals surface area contributed by atoms with E-state index in [0.29, 0.717) is 30.5 Å². The minimum atomic E-state index is -0.507. The molecule has 2 aromatic rings. The standard InChI is InChI=1S/C12H11N3O4/c13-14-12(16)8-6-10(19-15-8)7-1-2-9-11(5-7)18-4-3-17-9/h1-2,5-6H,3-4,13H2,(H,14,16). The Labute approximate surface area is 108 Å². The van der Waals surface area contributed by atoms with Crippen LogP contribution < -0.4 is 20.7 Å². The molecule has 1 aliphatic rings. The average Bonchev–Trinajstić information content (AvgIpc) is 2.95. The lowest BCUT2D eigenvalue weighted by atomic mass is 10.1. The summed E-state index contributed by atoms with van der Waals surface area (Å²) < 4.78 is 16.0. The van der Waals surface area contributed by atoms with Crippen LogP contribution in [0.4, 0.5) is 0 Å². The van der Waals surface area contributed by atoms with Crippen LogP contribution in [0.3, 0.4) is 0 Å². The Morgan fingerprint density at radius 3 is 2.79 bits per heavy atom. The van der Waals surface area contributed by atoms with Gasteiger partial charge < -0.3 is 14.0 Å². The zero-order valence-electron chi connectivity index (χ0n) is 9.88. The Balaban J connectivity index is 1.93. The maximum absolute atomic E-state index is 11.3. The minimum absolute atomic E-state index is 0.118. The van der Waals surface area contributed by atoms with E-state index in [1.807, 2.05) is 5.43 Å². The second-order valence-electron chi connectivity index (χ2n) is 3.91. The molecule has 3 N–H and O–H groups in total. The Morgan fingerprint density at radius 1 is 1.21 bits per heavy atom. The molecule has 1 aliphatic heterocycles. The number of hydrogen-bond donors (Lipinski definition) is 2. The maximum atomic E-state index is 11.3. The number of fused-ring (bicyclic) bond motifs is 1. The first-order valence-corrected chi connectivity index (χ1v) is 5.65. The SMILES string of the molecule is NNC(=O)c1cc(-c2ccc3c(c2)OCCO3)on1. The van der Waals surface area contributed by atoms with Crippen LogP contribution in [0.15, 0.2) is 28.8 Å². The monoisotopic (exact) mass is 261 g/mol. The molecular weight excluding hydrogens is 250 g/mol. The summed E-state index contributed by atoms with van der Waals surface area (Å²) in [6.45, 7) is 1.04. The number of nitrogens with two attached hydrogens (primary N) is 1. The fourth-order valence-electron chi connectivity index (χ4n) is 1.79. The summed E-state index contributed by atoms with van der Waals surface area (Å²) in [7, 11) is 0. The van der Waals surface area contributed by atoms with Gasteiger partial charge in [0.1, 0.15) is 13.2 Å². The van der Waals surface area contributed by atoms with E-state index in [-0.39, 0.29) is 5.69 Å². The number of nitrogen functional groups attached to an aromatic ring is 1. The van der Waals surface area contributed by atoms with Crippen LogP contribution in [-0.2, 0) is 0 Å². The number of benzene rings is 1. The molecule has 1 aromatic carbocycles. The van der Waals surface area contributed by atoms with Gasteiger partial charge in [-0.1, -0.05) is 5.16 Å². The molecule has 7 heteroatoms. The van der Waals surface area contributed by atoms with Crippen LogP contribution in [0.25, 0.3) is 11.3 Å². The van der Waals surface area contributed by atoms with Gasteiger partial charge >= 0.3 is 0 Å². The molecule has 0 saturated heterocycles. The van der Waals surface area contributed by atoms with E-state index in [2.05, 4.69) is 5.16 Å². The number of nitrogens with one attached hydrogen (secondary N) is 1. The van der Waals surface area contributed by atoms with Gasteiger partial charge in [-0.25, -0.2) is 5.84 Å². The average molecular weight is 261 g/mol. The lowest BCUT2D eigenvalue weighted by Gasteiger charge is -2.18. The quantitative estimate of drug-likeness (QED) is 0.469. The third kappa shape index (κ3) is 2.11. The number of carbonyl (C=O) groups is 1. The van der Waals surface area contributed by atoms with Crippen LogP contribution in [-0.4, -0.2) is 24.3 Å². The molecule has 1 amide bonds. The van der Waals surface area contributed by atoms with Gasteiger partial charge in [0, 0.05) is 11.6 Å². The highest BCUT2D eigenvalue weighted by atomic mass is 16.6. The largest absolute Gasteiger partial charge is 0.486 e. The molecule has 98 valence electrons. The zero-order valence-corrected chi connectivity index (χ0v) is 9.88. The summed E-state index contributed by atoms with van der Waals surface area (Å²) >= 11 is 0. The fraction of sp³-hybridized carbons (Fsp3) is 0.167. The summed E-state index contributed by atoms with van der Waals surface area (Å²) in [5.74, 6) is 6.31. The third-order valence-corrected chi connectivity index (χ3v) is 2.70. The van der Waals surface area contributed by atoms with Crippen molar-refractivity contribution in [2.24, 2.45) is 5.84 Å². The molecule has 0 bridgehead atoms. The summed E-state index contributed by atoms with van der Waals surface area (Å²) in [6, 6.07) is 6.87. The smallest absolute Gasteiger partial charge is 0.287 e. The number of hydrogen-bond acceptors (Lipinski definition) is 6. The minimum Gasteiger partial charge on any atom is -0.486 e. The summed E-state index contributed by atoms with van der Waals surface area (Å²) in [4.78, 5) is 11.3. The maximum Gasteiger partial charge on any atom is 0.287 e. The van der Waals surface area contributed by atoms with Crippen molar-refractivity contribution in [2.75, 3.05) is 13.2 Å². The molecule has 0 radical (unpaired) electrons. The van der Waals surface area contributed by atoms with Gasteiger partial charge in [-0.05, 0) is 18.2 Å². The van der Waals surface area contributed by atoms with Gasteiger partial charge in [0.15, 0.2) is 23.0 Å². The van der Waals surface area contributed by atoms with Crippen molar-refractivity contribution in [1.29, 1.82) is 0 Å². The van der Waals surface area contributed by atoms with E-state index in [1.54, 1.807) is 18.2 Å². The number of aromatic nitrogens is 1. The molecule has 0 unspecified atom stereocenters. The van der Waals surface area contributed by atoms with E-state index in [0.717, 1.165) is 5.56 Å². The summed E-state index contributed by atoms with van der Waals surface area (Å²) in [6.07, 6.45) is 0. The summed E-state index contributed by atoms with van der Waals surface area (Å²) in [5.41, 5.74) is 2.85. The van der Waals surface area contributed by atoms with Gasteiger partial charge in [-0.2, -0.15) is 0 Å². The Kier molecular flexibility index (Phi) is 2.81. The molecule has 2 heterocycles. The molecule has 19 heavy (non-hydrogen) atoms. The third-order valence-electron chi connectivity index (χ3n) is 2.70. The Bertz CT molecular complexity index is 623. The van der Waals surface area contributed by atoms with Crippen molar-refractivity contribution in [3.63, 3.8) is 0 Å². The van der Waals surface area contributed by atoms with E-state index in [9.17, 15) is 4.79 Å². The van der Waals surface area contributed by atoms with E-state index >= 15 is 0 Å². The first-order chi connectivity index (χ1) is 9.28. The molecule has 0 saturated carbocycles. The lowest BCUT2D eigenvalue weighted by Crippen LogP contribution is -2.30. The highest BCUT2D eigenvalue weighted by Gasteiger charge is 2.16. The number of nitrogens with zero attached hydrogens (tertiary/aromatic N) is 1. The van der Waals surface area contributed by atoms with Crippen LogP contribution in [0.1, 0.15) is 10.5 Å². The van der Waals surface area contributed by atoms with Crippen molar-refractivity contribution < 1.29 is 18.8 Å². The normalized spacial score (nSPS) is 13.1. The molecular formula is C12H11N3O4. The second kappa shape index (κ2) is 4.62. The van der Waals surface area contributed by atoms with E-state index < -0.39 is 5.91 Å². The van der Waals surface area contributed by atoms with Crippen molar-refractivity contribution in [1.82, 2.24) is 10.6 Å². The van der Waals surface area contributed by atoms with Crippen LogP contribution in [0, 0.1) is 0 Å². The second-order valence-corrected chi connectivity index (χ2v) is 3.91. The lowest BCUT2D eigenvalue weighted by molar-refractivity contribution is 0.0944. The predicted octanol–water partition coefficient (Wildman–Crippen LogP) is 0.716. The number of rotatable bonds is 2. The van der Waals surface area contributed by atoms with Crippen LogP contribution >= 0.6 is 0 Å². The Morgan fingerprint density at radius 2 is 2.00 bits per heavy atom. The van der Waals surface area contributed by atoms with Crippen LogP contribution in [0.2, 0.25) is 0 Å². The van der Waals surface area contributed by atoms with E-state index in [4.69, 9.17) is 19.8 Å². The molecule has 0 atom stereocenters. The van der Waals surface area contributed by atoms with Crippen molar-refractivity contribution in [3.05, 3.63) is 30.0 Å². The van der Waals surface area contributed by atoms with Gasteiger partial charge in [0.2, 0.25) is 0 Å². The first kappa shape index (κ1) is 11.5. The molecule has 0 aliphatic carbocycles. The molecule has 0 fully saturated rings. The Hall–Kier alpha value is -2.54. The number of amides is 1. The molecule has 0 spiro atoms. The van der Waals surface area contributed by atoms with Crippen molar-refractivity contribution in [3.8, 4) is 22.8 Å². The van der Waals surface area contributed by atoms with Gasteiger partial charge in [-0.3, -0.25) is 10.2 Å². The number of hydrazine groups is 1. The molecule has 7 nitrogen and oxygen atoms in total. The van der Waals surface area contributed by atoms with Gasteiger partial charge in [-0.15, -0.1) is 0 Å².